The normalized spacial score (nSPS) is 12.7. The Balaban J connectivity index is 3.28. The lowest BCUT2D eigenvalue weighted by atomic mass is 10.8. The Morgan fingerprint density at radius 2 is 1.14 bits per heavy atom. The van der Waals surface area contributed by atoms with Crippen LogP contribution < -0.4 is 0 Å². The number of nitrogens with zero attached hydrogens (tertiary/aromatic N) is 2. The van der Waals surface area contributed by atoms with Crippen LogP contribution in [0.5, 0.6) is 0 Å². The van der Waals surface area contributed by atoms with Gasteiger partial charge in [-0.3, -0.25) is 0 Å². The van der Waals surface area contributed by atoms with Gasteiger partial charge in [-0.1, -0.05) is 0 Å². The van der Waals surface area contributed by atoms with Crippen LogP contribution in [0.15, 0.2) is 22.4 Å². The van der Waals surface area contributed by atoms with Gasteiger partial charge in [-0.2, -0.15) is 0 Å². The molecule has 6 nitrogen and oxygen atoms in total. The number of hydrogen-bond donors (Lipinski definition) is 0. The SMILES string of the molecule is CS(=O)(=O)c1cnc(S(C)(=O)=O)cn1. The summed E-state index contributed by atoms with van der Waals surface area (Å²) in [4.78, 5) is 6.97. The van der Waals surface area contributed by atoms with Gasteiger partial charge >= 0.3 is 0 Å². The zero-order valence-corrected chi connectivity index (χ0v) is 9.13. The molecule has 0 saturated carbocycles. The summed E-state index contributed by atoms with van der Waals surface area (Å²) in [6, 6.07) is 0. The summed E-state index contributed by atoms with van der Waals surface area (Å²) < 4.78 is 43.8. The largest absolute Gasteiger partial charge is 0.240 e. The summed E-state index contributed by atoms with van der Waals surface area (Å²) in [6.07, 6.45) is 3.78. The summed E-state index contributed by atoms with van der Waals surface area (Å²) >= 11 is 0. The van der Waals surface area contributed by atoms with Gasteiger partial charge in [0.15, 0.2) is 29.7 Å². The number of hydrogen-bond acceptors (Lipinski definition) is 6. The van der Waals surface area contributed by atoms with Crippen LogP contribution in [0.1, 0.15) is 0 Å². The van der Waals surface area contributed by atoms with Crippen LogP contribution in [0.25, 0.3) is 0 Å². The van der Waals surface area contributed by atoms with Crippen LogP contribution in [0.2, 0.25) is 0 Å². The molecule has 0 aliphatic carbocycles. The van der Waals surface area contributed by atoms with Crippen molar-refractivity contribution in [2.24, 2.45) is 0 Å². The summed E-state index contributed by atoms with van der Waals surface area (Å²) in [5.41, 5.74) is 0. The molecule has 0 radical (unpaired) electrons. The summed E-state index contributed by atoms with van der Waals surface area (Å²) in [6.45, 7) is 0. The number of sulfone groups is 2. The van der Waals surface area contributed by atoms with Crippen molar-refractivity contribution in [1.82, 2.24) is 9.97 Å². The fourth-order valence-electron chi connectivity index (χ4n) is 0.687. The third-order valence-electron chi connectivity index (χ3n) is 1.36. The molecule has 0 unspecified atom stereocenters. The lowest BCUT2D eigenvalue weighted by Crippen LogP contribution is -2.05. The average molecular weight is 236 g/mol. The third kappa shape index (κ3) is 2.48. The van der Waals surface area contributed by atoms with Crippen LogP contribution in [0.4, 0.5) is 0 Å². The average Bonchev–Trinajstić information content (AvgIpc) is 2.01. The number of rotatable bonds is 2. The molecular weight excluding hydrogens is 228 g/mol. The van der Waals surface area contributed by atoms with E-state index in [1.165, 1.54) is 0 Å². The second kappa shape index (κ2) is 3.28. The van der Waals surface area contributed by atoms with E-state index in [-0.39, 0.29) is 10.1 Å². The van der Waals surface area contributed by atoms with Crippen molar-refractivity contribution in [3.8, 4) is 0 Å². The Bertz CT molecular complexity index is 479. The molecule has 0 fully saturated rings. The molecule has 78 valence electrons. The first-order chi connectivity index (χ1) is 6.21. The molecule has 0 atom stereocenters. The van der Waals surface area contributed by atoms with Crippen LogP contribution in [-0.2, 0) is 19.7 Å². The van der Waals surface area contributed by atoms with E-state index < -0.39 is 19.7 Å². The van der Waals surface area contributed by atoms with E-state index in [0.717, 1.165) is 24.9 Å². The molecule has 0 bridgehead atoms. The van der Waals surface area contributed by atoms with E-state index in [4.69, 9.17) is 0 Å². The Morgan fingerprint density at radius 1 is 0.857 bits per heavy atom. The van der Waals surface area contributed by atoms with Gasteiger partial charge in [-0.15, -0.1) is 0 Å². The molecule has 0 aliphatic heterocycles. The number of aromatic nitrogens is 2. The van der Waals surface area contributed by atoms with E-state index in [9.17, 15) is 16.8 Å². The van der Waals surface area contributed by atoms with Crippen LogP contribution >= 0.6 is 0 Å². The lowest BCUT2D eigenvalue weighted by molar-refractivity contribution is 0.590. The minimum Gasteiger partial charge on any atom is -0.240 e. The minimum atomic E-state index is -3.43. The van der Waals surface area contributed by atoms with Crippen molar-refractivity contribution < 1.29 is 16.8 Å². The summed E-state index contributed by atoms with van der Waals surface area (Å²) in [5.74, 6) is 0. The van der Waals surface area contributed by atoms with Crippen molar-refractivity contribution >= 4 is 19.7 Å². The fraction of sp³-hybridized carbons (Fsp3) is 0.333. The molecule has 0 aliphatic rings. The molecule has 0 saturated heterocycles. The standard InChI is InChI=1S/C6H8N2O4S2/c1-13(9,10)5-3-8-6(4-7-5)14(2,11)12/h3-4H,1-2H3. The van der Waals surface area contributed by atoms with E-state index in [0.29, 0.717) is 0 Å². The Kier molecular flexibility index (Phi) is 2.59. The van der Waals surface area contributed by atoms with Crippen LogP contribution in [0, 0.1) is 0 Å². The monoisotopic (exact) mass is 236 g/mol. The molecule has 1 rings (SSSR count). The van der Waals surface area contributed by atoms with Crippen molar-refractivity contribution in [2.45, 2.75) is 10.1 Å². The topological polar surface area (TPSA) is 94.1 Å². The van der Waals surface area contributed by atoms with E-state index >= 15 is 0 Å². The van der Waals surface area contributed by atoms with Crippen molar-refractivity contribution in [3.05, 3.63) is 12.4 Å². The molecule has 1 heterocycles. The van der Waals surface area contributed by atoms with E-state index in [1.807, 2.05) is 0 Å². The van der Waals surface area contributed by atoms with Gasteiger partial charge in [0.1, 0.15) is 0 Å². The van der Waals surface area contributed by atoms with Gasteiger partial charge in [0.2, 0.25) is 0 Å². The molecule has 0 spiro atoms. The van der Waals surface area contributed by atoms with Gasteiger partial charge in [-0.05, 0) is 0 Å². The Hall–Kier alpha value is -1.02. The van der Waals surface area contributed by atoms with Gasteiger partial charge in [0, 0.05) is 12.5 Å². The molecule has 1 aromatic heterocycles. The van der Waals surface area contributed by atoms with Gasteiger partial charge in [0.25, 0.3) is 0 Å². The fourth-order valence-corrected chi connectivity index (χ4v) is 1.66. The maximum Gasteiger partial charge on any atom is 0.194 e. The van der Waals surface area contributed by atoms with Gasteiger partial charge in [-0.25, -0.2) is 26.8 Å². The molecule has 0 aromatic carbocycles. The lowest BCUT2D eigenvalue weighted by Gasteiger charge is -1.98. The highest BCUT2D eigenvalue weighted by Gasteiger charge is 2.13. The Labute approximate surface area is 81.9 Å². The highest BCUT2D eigenvalue weighted by atomic mass is 32.2. The molecule has 14 heavy (non-hydrogen) atoms. The predicted octanol–water partition coefficient (Wildman–Crippen LogP) is -0.716. The smallest absolute Gasteiger partial charge is 0.194 e. The molecular formula is C6H8N2O4S2. The molecule has 1 aromatic rings. The maximum absolute atomic E-state index is 10.9. The third-order valence-corrected chi connectivity index (χ3v) is 3.31. The Morgan fingerprint density at radius 3 is 1.29 bits per heavy atom. The highest BCUT2D eigenvalue weighted by Crippen LogP contribution is 2.06. The van der Waals surface area contributed by atoms with Gasteiger partial charge in [0.05, 0.1) is 12.4 Å². The predicted molar refractivity (Wildman–Crippen MR) is 48.3 cm³/mol. The minimum absolute atomic E-state index is 0.245. The maximum atomic E-state index is 10.9. The van der Waals surface area contributed by atoms with Crippen molar-refractivity contribution in [1.29, 1.82) is 0 Å². The second-order valence-corrected chi connectivity index (χ2v) is 6.66. The first kappa shape index (κ1) is 11.1. The second-order valence-electron chi connectivity index (χ2n) is 2.74. The first-order valence-electron chi connectivity index (χ1n) is 3.43. The van der Waals surface area contributed by atoms with Crippen LogP contribution in [0.3, 0.4) is 0 Å². The molecule has 0 N–H and O–H groups in total. The van der Waals surface area contributed by atoms with Crippen molar-refractivity contribution in [2.75, 3.05) is 12.5 Å². The first-order valence-corrected chi connectivity index (χ1v) is 7.22. The van der Waals surface area contributed by atoms with E-state index in [2.05, 4.69) is 9.97 Å². The van der Waals surface area contributed by atoms with Crippen molar-refractivity contribution in [3.63, 3.8) is 0 Å². The van der Waals surface area contributed by atoms with E-state index in [1.54, 1.807) is 0 Å². The molecule has 8 heteroatoms. The quantitative estimate of drug-likeness (QED) is 0.673. The summed E-state index contributed by atoms with van der Waals surface area (Å²) in [7, 11) is -6.87. The zero-order chi connectivity index (χ0) is 11.0. The zero-order valence-electron chi connectivity index (χ0n) is 7.50. The molecule has 0 amide bonds. The summed E-state index contributed by atoms with van der Waals surface area (Å²) in [5, 5.41) is -0.491. The van der Waals surface area contributed by atoms with Crippen LogP contribution in [-0.4, -0.2) is 39.3 Å². The highest BCUT2D eigenvalue weighted by molar-refractivity contribution is 7.91. The van der Waals surface area contributed by atoms with Gasteiger partial charge < -0.3 is 0 Å².